The van der Waals surface area contributed by atoms with Crippen molar-refractivity contribution < 1.29 is 45.3 Å². The van der Waals surface area contributed by atoms with Crippen LogP contribution >= 0.6 is 0 Å². The Labute approximate surface area is 222 Å². The molecule has 4 rings (SSSR count). The van der Waals surface area contributed by atoms with Crippen molar-refractivity contribution in [2.75, 3.05) is 26.4 Å². The van der Waals surface area contributed by atoms with Crippen LogP contribution < -0.4 is 4.74 Å². The van der Waals surface area contributed by atoms with E-state index < -0.39 is 42.3 Å². The molecule has 1 aliphatic rings. The van der Waals surface area contributed by atoms with Crippen molar-refractivity contribution >= 4 is 10.8 Å². The molecule has 212 valence electrons. The Kier molecular flexibility index (Phi) is 9.74. The van der Waals surface area contributed by atoms with Crippen molar-refractivity contribution in [3.63, 3.8) is 0 Å². The van der Waals surface area contributed by atoms with Crippen LogP contribution in [0.2, 0.25) is 0 Å². The van der Waals surface area contributed by atoms with Crippen LogP contribution in [0.5, 0.6) is 5.75 Å². The molecule has 39 heavy (non-hydrogen) atoms. The zero-order valence-electron chi connectivity index (χ0n) is 21.5. The molecule has 4 nitrogen and oxygen atoms in total. The summed E-state index contributed by atoms with van der Waals surface area (Å²) in [6.07, 6.45) is -2.01. The summed E-state index contributed by atoms with van der Waals surface area (Å²) in [6, 6.07) is 10.3. The summed E-state index contributed by atoms with van der Waals surface area (Å²) < 4.78 is 102. The van der Waals surface area contributed by atoms with Gasteiger partial charge in [0.15, 0.2) is 30.3 Å². The lowest BCUT2D eigenvalue weighted by atomic mass is 9.98. The lowest BCUT2D eigenvalue weighted by Gasteiger charge is -2.29. The van der Waals surface area contributed by atoms with Crippen LogP contribution in [0.4, 0.5) is 26.3 Å². The van der Waals surface area contributed by atoms with E-state index >= 15 is 4.39 Å². The number of benzene rings is 3. The first-order valence-electron chi connectivity index (χ1n) is 12.9. The molecule has 0 radical (unpaired) electrons. The van der Waals surface area contributed by atoms with Crippen molar-refractivity contribution in [2.24, 2.45) is 0 Å². The van der Waals surface area contributed by atoms with Crippen molar-refractivity contribution in [3.8, 4) is 5.75 Å². The predicted molar refractivity (Wildman–Crippen MR) is 133 cm³/mol. The van der Waals surface area contributed by atoms with Crippen molar-refractivity contribution in [2.45, 2.75) is 57.6 Å². The van der Waals surface area contributed by atoms with Crippen LogP contribution in [0.3, 0.4) is 0 Å². The smallest absolute Gasteiger partial charge is 0.422 e. The average molecular weight is 557 g/mol. The Bertz CT molecular complexity index is 1230. The Morgan fingerprint density at radius 2 is 1.62 bits per heavy atom. The van der Waals surface area contributed by atoms with E-state index in [9.17, 15) is 22.0 Å². The van der Waals surface area contributed by atoms with Crippen LogP contribution in [0.15, 0.2) is 42.5 Å². The van der Waals surface area contributed by atoms with E-state index in [2.05, 4.69) is 11.7 Å². The molecule has 3 aromatic carbocycles. The Morgan fingerprint density at radius 1 is 0.897 bits per heavy atom. The molecule has 10 heteroatoms. The Morgan fingerprint density at radius 3 is 2.28 bits per heavy atom. The Balaban J connectivity index is 1.37. The third kappa shape index (κ3) is 7.86. The fourth-order valence-corrected chi connectivity index (χ4v) is 4.40. The van der Waals surface area contributed by atoms with Gasteiger partial charge in [-0.2, -0.15) is 13.2 Å². The number of ether oxygens (including phenoxy) is 4. The summed E-state index contributed by atoms with van der Waals surface area (Å²) in [6.45, 7) is 1.79. The highest BCUT2D eigenvalue weighted by molar-refractivity contribution is 5.84. The van der Waals surface area contributed by atoms with Gasteiger partial charge in [-0.15, -0.1) is 0 Å². The van der Waals surface area contributed by atoms with Crippen LogP contribution in [0, 0.1) is 17.5 Å². The van der Waals surface area contributed by atoms with Gasteiger partial charge in [0.1, 0.15) is 11.9 Å². The monoisotopic (exact) mass is 556 g/mol. The topological polar surface area (TPSA) is 36.9 Å². The minimum absolute atomic E-state index is 0.0688. The molecule has 1 aliphatic heterocycles. The number of rotatable bonds is 11. The highest BCUT2D eigenvalue weighted by Gasteiger charge is 2.30. The van der Waals surface area contributed by atoms with E-state index in [0.717, 1.165) is 37.0 Å². The summed E-state index contributed by atoms with van der Waals surface area (Å²) in [5.74, 6) is -4.05. The zero-order valence-corrected chi connectivity index (χ0v) is 21.5. The molecule has 0 bridgehead atoms. The summed E-state index contributed by atoms with van der Waals surface area (Å²) in [4.78, 5) is 0. The molecule has 1 saturated heterocycles. The molecule has 3 aromatic rings. The second kappa shape index (κ2) is 13.0. The van der Waals surface area contributed by atoms with Gasteiger partial charge < -0.3 is 18.9 Å². The fourth-order valence-electron chi connectivity index (χ4n) is 4.40. The maximum atomic E-state index is 15.3. The summed E-state index contributed by atoms with van der Waals surface area (Å²) in [5.41, 5.74) is 1.25. The second-order valence-electron chi connectivity index (χ2n) is 9.51. The largest absolute Gasteiger partial charge is 0.478 e. The van der Waals surface area contributed by atoms with E-state index in [1.165, 1.54) is 0 Å². The van der Waals surface area contributed by atoms with Crippen LogP contribution in [-0.4, -0.2) is 38.7 Å². The molecule has 0 aromatic heterocycles. The normalized spacial score (nSPS) is 18.0. The van der Waals surface area contributed by atoms with E-state index in [-0.39, 0.29) is 24.5 Å². The van der Waals surface area contributed by atoms with E-state index in [4.69, 9.17) is 14.2 Å². The highest BCUT2D eigenvalue weighted by atomic mass is 19.4. The van der Waals surface area contributed by atoms with Crippen molar-refractivity contribution in [3.05, 3.63) is 76.6 Å². The number of halogens is 6. The molecule has 0 unspecified atom stereocenters. The van der Waals surface area contributed by atoms with Gasteiger partial charge in [0, 0.05) is 17.6 Å². The summed E-state index contributed by atoms with van der Waals surface area (Å²) in [5, 5.41) is 1.01. The van der Waals surface area contributed by atoms with E-state index in [1.807, 2.05) is 0 Å². The standard InChI is InChI=1S/C29H30F6O4/c1-2-3-4-11-36-22-15-37-28(38-16-22)21-9-10-23-20(14-21)8-7-19(26(23)32)6-5-18-12-24(30)27(25(31)13-18)39-17-29(33,34)35/h7-10,12-14,22,28H,2-6,11,15-17H2,1H3. The first-order valence-corrected chi connectivity index (χ1v) is 12.9. The molecule has 1 fully saturated rings. The van der Waals surface area contributed by atoms with Gasteiger partial charge in [-0.1, -0.05) is 44.0 Å². The predicted octanol–water partition coefficient (Wildman–Crippen LogP) is 7.60. The van der Waals surface area contributed by atoms with Gasteiger partial charge in [0.2, 0.25) is 0 Å². The average Bonchev–Trinajstić information content (AvgIpc) is 2.90. The molecule has 0 spiro atoms. The molecule has 0 saturated carbocycles. The molecule has 0 atom stereocenters. The van der Waals surface area contributed by atoms with Gasteiger partial charge in [0.25, 0.3) is 0 Å². The van der Waals surface area contributed by atoms with Gasteiger partial charge in [0.05, 0.1) is 13.2 Å². The third-order valence-corrected chi connectivity index (χ3v) is 6.42. The number of alkyl halides is 3. The molecular formula is C29H30F6O4. The molecule has 0 amide bonds. The van der Waals surface area contributed by atoms with E-state index in [0.29, 0.717) is 36.2 Å². The molecular weight excluding hydrogens is 526 g/mol. The fraction of sp³-hybridized carbons (Fsp3) is 0.448. The maximum Gasteiger partial charge on any atom is 0.422 e. The zero-order chi connectivity index (χ0) is 28.0. The lowest BCUT2D eigenvalue weighted by Crippen LogP contribution is -2.33. The quantitative estimate of drug-likeness (QED) is 0.180. The van der Waals surface area contributed by atoms with E-state index in [1.54, 1.807) is 30.3 Å². The van der Waals surface area contributed by atoms with Gasteiger partial charge in [-0.3, -0.25) is 0 Å². The van der Waals surface area contributed by atoms with Gasteiger partial charge in [-0.25, -0.2) is 13.2 Å². The van der Waals surface area contributed by atoms with Crippen LogP contribution in [-0.2, 0) is 27.1 Å². The van der Waals surface area contributed by atoms with Crippen LogP contribution in [0.25, 0.3) is 10.8 Å². The molecule has 1 heterocycles. The first-order chi connectivity index (χ1) is 18.6. The molecule has 0 aliphatic carbocycles. The SMILES string of the molecule is CCCCCOC1COC(c2ccc3c(F)c(CCc4cc(F)c(OCC(F)(F)F)c(F)c4)ccc3c2)OC1. The number of unbranched alkanes of at least 4 members (excludes halogenated alkanes) is 2. The minimum Gasteiger partial charge on any atom is -0.478 e. The number of hydrogen-bond donors (Lipinski definition) is 0. The summed E-state index contributed by atoms with van der Waals surface area (Å²) >= 11 is 0. The number of aryl methyl sites for hydroxylation is 2. The molecule has 0 N–H and O–H groups in total. The Hall–Kier alpha value is -2.82. The summed E-state index contributed by atoms with van der Waals surface area (Å²) in [7, 11) is 0. The minimum atomic E-state index is -4.73. The van der Waals surface area contributed by atoms with Crippen LogP contribution in [0.1, 0.15) is 49.2 Å². The number of fused-ring (bicyclic) bond motifs is 1. The second-order valence-corrected chi connectivity index (χ2v) is 9.51. The third-order valence-electron chi connectivity index (χ3n) is 6.42. The number of hydrogen-bond acceptors (Lipinski definition) is 4. The maximum absolute atomic E-state index is 15.3. The van der Waals surface area contributed by atoms with Crippen molar-refractivity contribution in [1.29, 1.82) is 0 Å². The lowest BCUT2D eigenvalue weighted by molar-refractivity contribution is -0.230. The highest BCUT2D eigenvalue weighted by Crippen LogP contribution is 2.30. The van der Waals surface area contributed by atoms with Gasteiger partial charge in [-0.05, 0) is 54.0 Å². The van der Waals surface area contributed by atoms with Crippen molar-refractivity contribution in [1.82, 2.24) is 0 Å². The van der Waals surface area contributed by atoms with Gasteiger partial charge >= 0.3 is 6.18 Å². The first kappa shape index (κ1) is 29.2.